The van der Waals surface area contributed by atoms with Gasteiger partial charge in [0.25, 0.3) is 0 Å². The molecule has 1 aliphatic heterocycles. The number of hydrogen-bond donors (Lipinski definition) is 2. The van der Waals surface area contributed by atoms with Crippen LogP contribution in [0.15, 0.2) is 17.8 Å². The summed E-state index contributed by atoms with van der Waals surface area (Å²) in [4.78, 5) is 37.7. The van der Waals surface area contributed by atoms with Gasteiger partial charge in [0.2, 0.25) is 5.91 Å². The molecule has 0 atom stereocenters. The molecule has 126 valence electrons. The van der Waals surface area contributed by atoms with Crippen molar-refractivity contribution in [2.45, 2.75) is 25.8 Å². The predicted octanol–water partition coefficient (Wildman–Crippen LogP) is 1.72. The summed E-state index contributed by atoms with van der Waals surface area (Å²) in [6.45, 7) is 2.94. The fraction of sp³-hybridized carbons (Fsp3) is 0.400. The number of carboxylic acid groups (broad SMARTS) is 1. The number of thiazole rings is 1. The fourth-order valence-corrected chi connectivity index (χ4v) is 3.17. The van der Waals surface area contributed by atoms with E-state index in [2.05, 4.69) is 20.3 Å². The van der Waals surface area contributed by atoms with Gasteiger partial charge in [0, 0.05) is 38.3 Å². The van der Waals surface area contributed by atoms with Crippen LogP contribution in [0.2, 0.25) is 0 Å². The quantitative estimate of drug-likeness (QED) is 0.867. The van der Waals surface area contributed by atoms with E-state index in [9.17, 15) is 14.7 Å². The van der Waals surface area contributed by atoms with E-state index in [4.69, 9.17) is 0 Å². The summed E-state index contributed by atoms with van der Waals surface area (Å²) in [6, 6.07) is 1.58. The summed E-state index contributed by atoms with van der Waals surface area (Å²) in [5.41, 5.74) is 1.59. The Morgan fingerprint density at radius 2 is 2.08 bits per heavy atom. The summed E-state index contributed by atoms with van der Waals surface area (Å²) in [7, 11) is 0. The number of hydrogen-bond acceptors (Lipinski definition) is 7. The summed E-state index contributed by atoms with van der Waals surface area (Å²) >= 11 is 1.35. The first kappa shape index (κ1) is 16.3. The average Bonchev–Trinajstić information content (AvgIpc) is 3.09. The number of carbonyl (C=O) groups excluding carboxylic acids is 1. The van der Waals surface area contributed by atoms with Crippen LogP contribution in [-0.4, -0.2) is 56.0 Å². The Morgan fingerprint density at radius 1 is 1.33 bits per heavy atom. The van der Waals surface area contributed by atoms with Gasteiger partial charge >= 0.3 is 5.97 Å². The lowest BCUT2D eigenvalue weighted by Crippen LogP contribution is -2.41. The monoisotopic (exact) mass is 347 g/mol. The smallest absolute Gasteiger partial charge is 0.354 e. The maximum Gasteiger partial charge on any atom is 0.354 e. The van der Waals surface area contributed by atoms with Gasteiger partial charge in [-0.15, -0.1) is 11.3 Å². The van der Waals surface area contributed by atoms with Crippen LogP contribution in [0.25, 0.3) is 10.7 Å². The number of nitrogens with one attached hydrogen (secondary N) is 1. The molecule has 2 N–H and O–H groups in total. The van der Waals surface area contributed by atoms with Gasteiger partial charge in [-0.05, 0) is 12.8 Å². The van der Waals surface area contributed by atoms with Crippen molar-refractivity contribution in [2.75, 3.05) is 18.4 Å². The highest BCUT2D eigenvalue weighted by Crippen LogP contribution is 2.23. The highest BCUT2D eigenvalue weighted by atomic mass is 32.1. The molecule has 0 spiro atoms. The van der Waals surface area contributed by atoms with Gasteiger partial charge < -0.3 is 15.3 Å². The molecule has 1 amide bonds. The maximum absolute atomic E-state index is 11.4. The molecule has 8 nitrogen and oxygen atoms in total. The molecule has 2 aromatic heterocycles. The second-order valence-corrected chi connectivity index (χ2v) is 6.44. The number of rotatable bonds is 4. The Hall–Kier alpha value is -2.55. The lowest BCUT2D eigenvalue weighted by molar-refractivity contribution is -0.129. The van der Waals surface area contributed by atoms with Gasteiger partial charge in [0.1, 0.15) is 5.82 Å². The number of carboxylic acids is 1. The van der Waals surface area contributed by atoms with E-state index in [1.807, 2.05) is 4.90 Å². The molecule has 0 unspecified atom stereocenters. The number of aromatic carboxylic acids is 1. The highest BCUT2D eigenvalue weighted by molar-refractivity contribution is 7.13. The van der Waals surface area contributed by atoms with Crippen molar-refractivity contribution in [1.29, 1.82) is 0 Å². The summed E-state index contributed by atoms with van der Waals surface area (Å²) in [5.74, 6) is -0.193. The zero-order valence-electron chi connectivity index (χ0n) is 13.1. The zero-order valence-corrected chi connectivity index (χ0v) is 13.9. The second kappa shape index (κ2) is 6.91. The highest BCUT2D eigenvalue weighted by Gasteiger charge is 2.22. The SMILES string of the molecule is CC(=O)N1CCC(Nc2cc(C(=O)O)nc(-c3cncs3)n2)CC1. The molecule has 1 aliphatic rings. The molecule has 1 saturated heterocycles. The molecule has 0 saturated carbocycles. The molecule has 0 aliphatic carbocycles. The van der Waals surface area contributed by atoms with Crippen molar-refractivity contribution < 1.29 is 14.7 Å². The molecule has 0 aromatic carbocycles. The number of anilines is 1. The van der Waals surface area contributed by atoms with Crippen molar-refractivity contribution in [2.24, 2.45) is 0 Å². The summed E-state index contributed by atoms with van der Waals surface area (Å²) in [6.07, 6.45) is 3.20. The van der Waals surface area contributed by atoms with Crippen LogP contribution >= 0.6 is 11.3 Å². The summed E-state index contributed by atoms with van der Waals surface area (Å²) in [5, 5.41) is 12.5. The third-order valence-corrected chi connectivity index (χ3v) is 4.66. The molecule has 3 heterocycles. The molecule has 24 heavy (non-hydrogen) atoms. The van der Waals surface area contributed by atoms with Crippen LogP contribution in [0.3, 0.4) is 0 Å². The van der Waals surface area contributed by atoms with E-state index in [1.165, 1.54) is 17.4 Å². The molecular formula is C15H17N5O3S. The average molecular weight is 347 g/mol. The fourth-order valence-electron chi connectivity index (χ4n) is 2.61. The molecule has 2 aromatic rings. The van der Waals surface area contributed by atoms with Crippen LogP contribution in [-0.2, 0) is 4.79 Å². The first-order valence-electron chi connectivity index (χ1n) is 7.56. The minimum atomic E-state index is -1.10. The maximum atomic E-state index is 11.4. The van der Waals surface area contributed by atoms with E-state index in [0.717, 1.165) is 12.8 Å². The van der Waals surface area contributed by atoms with Crippen molar-refractivity contribution >= 4 is 29.0 Å². The normalized spacial score (nSPS) is 15.3. The van der Waals surface area contributed by atoms with E-state index in [0.29, 0.717) is 29.6 Å². The van der Waals surface area contributed by atoms with Gasteiger partial charge in [0.15, 0.2) is 11.5 Å². The predicted molar refractivity (Wildman–Crippen MR) is 89.0 cm³/mol. The molecule has 9 heteroatoms. The lowest BCUT2D eigenvalue weighted by atomic mass is 10.1. The van der Waals surface area contributed by atoms with Crippen molar-refractivity contribution in [1.82, 2.24) is 19.9 Å². The zero-order chi connectivity index (χ0) is 17.1. The number of aromatic nitrogens is 3. The van der Waals surface area contributed by atoms with Crippen LogP contribution in [0, 0.1) is 0 Å². The van der Waals surface area contributed by atoms with E-state index >= 15 is 0 Å². The van der Waals surface area contributed by atoms with Gasteiger partial charge in [-0.3, -0.25) is 9.78 Å². The first-order chi connectivity index (χ1) is 11.5. The number of amides is 1. The van der Waals surface area contributed by atoms with E-state index < -0.39 is 5.97 Å². The third kappa shape index (κ3) is 3.67. The van der Waals surface area contributed by atoms with Gasteiger partial charge in [-0.25, -0.2) is 14.8 Å². The van der Waals surface area contributed by atoms with E-state index in [1.54, 1.807) is 18.6 Å². The minimum Gasteiger partial charge on any atom is -0.477 e. The van der Waals surface area contributed by atoms with Crippen molar-refractivity contribution in [3.05, 3.63) is 23.5 Å². The van der Waals surface area contributed by atoms with Crippen LogP contribution in [0.5, 0.6) is 0 Å². The third-order valence-electron chi connectivity index (χ3n) is 3.89. The second-order valence-electron chi connectivity index (χ2n) is 5.56. The standard InChI is InChI=1S/C15H17N5O3S/c1-9(21)20-4-2-10(3-5-20)17-13-6-11(15(22)23)18-14(19-13)12-7-16-8-24-12/h6-8,10H,2-5H2,1H3,(H,22,23)(H,17,18,19). The topological polar surface area (TPSA) is 108 Å². The number of nitrogens with zero attached hydrogens (tertiary/aromatic N) is 4. The number of piperidine rings is 1. The lowest BCUT2D eigenvalue weighted by Gasteiger charge is -2.32. The van der Waals surface area contributed by atoms with Crippen molar-refractivity contribution in [3.63, 3.8) is 0 Å². The Bertz CT molecular complexity index is 742. The molecule has 1 fully saturated rings. The molecular weight excluding hydrogens is 330 g/mol. The molecule has 3 rings (SSSR count). The molecule has 0 radical (unpaired) electrons. The van der Waals surface area contributed by atoms with Crippen LogP contribution < -0.4 is 5.32 Å². The number of likely N-dealkylation sites (tertiary alicyclic amines) is 1. The van der Waals surface area contributed by atoms with Gasteiger partial charge in [0.05, 0.1) is 10.4 Å². The van der Waals surface area contributed by atoms with Crippen molar-refractivity contribution in [3.8, 4) is 10.7 Å². The van der Waals surface area contributed by atoms with Crippen LogP contribution in [0.1, 0.15) is 30.3 Å². The van der Waals surface area contributed by atoms with Gasteiger partial charge in [-0.2, -0.15) is 0 Å². The Balaban J connectivity index is 1.78. The molecule has 0 bridgehead atoms. The number of carbonyl (C=O) groups is 2. The Morgan fingerprint density at radius 3 is 2.67 bits per heavy atom. The summed E-state index contributed by atoms with van der Waals surface area (Å²) < 4.78 is 0. The van der Waals surface area contributed by atoms with Gasteiger partial charge in [-0.1, -0.05) is 0 Å². The van der Waals surface area contributed by atoms with Crippen LogP contribution in [0.4, 0.5) is 5.82 Å². The minimum absolute atomic E-state index is 0.0583. The Kier molecular flexibility index (Phi) is 4.70. The van der Waals surface area contributed by atoms with E-state index in [-0.39, 0.29) is 17.6 Å². The first-order valence-corrected chi connectivity index (χ1v) is 8.44. The largest absolute Gasteiger partial charge is 0.477 e. The Labute approximate surface area is 142 Å².